The summed E-state index contributed by atoms with van der Waals surface area (Å²) in [4.78, 5) is 23.0. The van der Waals surface area contributed by atoms with E-state index in [4.69, 9.17) is 9.47 Å². The first-order valence-corrected chi connectivity index (χ1v) is 7.09. The molecule has 0 radical (unpaired) electrons. The van der Waals surface area contributed by atoms with Crippen molar-refractivity contribution in [3.63, 3.8) is 0 Å². The van der Waals surface area contributed by atoms with Gasteiger partial charge in [0.1, 0.15) is 0 Å². The minimum atomic E-state index is -0.504. The summed E-state index contributed by atoms with van der Waals surface area (Å²) in [7, 11) is 0. The lowest BCUT2D eigenvalue weighted by Gasteiger charge is -2.11. The van der Waals surface area contributed by atoms with Crippen molar-refractivity contribution in [1.82, 2.24) is 10.6 Å². The van der Waals surface area contributed by atoms with Gasteiger partial charge in [-0.05, 0) is 25.5 Å². The van der Waals surface area contributed by atoms with Gasteiger partial charge in [0.2, 0.25) is 0 Å². The van der Waals surface area contributed by atoms with E-state index in [9.17, 15) is 9.59 Å². The maximum atomic E-state index is 11.6. The number of hydrogen-bond donors (Lipinski definition) is 2. The van der Waals surface area contributed by atoms with Crippen LogP contribution in [0.2, 0.25) is 0 Å². The summed E-state index contributed by atoms with van der Waals surface area (Å²) >= 11 is 0. The van der Waals surface area contributed by atoms with Crippen molar-refractivity contribution in [2.75, 3.05) is 19.8 Å². The van der Waals surface area contributed by atoms with Gasteiger partial charge in [-0.25, -0.2) is 4.79 Å². The smallest absolute Gasteiger partial charge is 0.321 e. The molecule has 0 saturated heterocycles. The number of rotatable bonds is 8. The molecule has 1 aromatic rings. The second-order valence-corrected chi connectivity index (χ2v) is 4.33. The third kappa shape index (κ3) is 6.65. The van der Waals surface area contributed by atoms with Gasteiger partial charge in [0.05, 0.1) is 6.61 Å². The first-order chi connectivity index (χ1) is 10.2. The van der Waals surface area contributed by atoms with Gasteiger partial charge in [0.15, 0.2) is 18.1 Å². The lowest BCUT2D eigenvalue weighted by atomic mass is 10.3. The standard InChI is InChI=1S/C15H22N2O4/c1-3-5-10-16-15(19)17-14(18)11-21-13-9-7-6-8-12(13)20-4-2/h6-9H,3-5,10-11H2,1-2H3,(H2,16,17,18,19). The number of ether oxygens (including phenoxy) is 2. The number of hydrogen-bond acceptors (Lipinski definition) is 4. The molecule has 1 aromatic carbocycles. The van der Waals surface area contributed by atoms with E-state index in [-0.39, 0.29) is 6.61 Å². The predicted molar refractivity (Wildman–Crippen MR) is 79.6 cm³/mol. The molecule has 0 aliphatic carbocycles. The highest BCUT2D eigenvalue weighted by Crippen LogP contribution is 2.26. The van der Waals surface area contributed by atoms with Crippen LogP contribution in [0, 0.1) is 0 Å². The molecule has 2 N–H and O–H groups in total. The summed E-state index contributed by atoms with van der Waals surface area (Å²) in [6.45, 7) is 4.69. The number of urea groups is 1. The molecule has 0 atom stereocenters. The van der Waals surface area contributed by atoms with Crippen LogP contribution < -0.4 is 20.1 Å². The minimum absolute atomic E-state index is 0.245. The summed E-state index contributed by atoms with van der Waals surface area (Å²) in [5.74, 6) is 0.538. The number of para-hydroxylation sites is 2. The summed E-state index contributed by atoms with van der Waals surface area (Å²) in [6, 6.07) is 6.57. The molecule has 0 heterocycles. The number of carbonyl (C=O) groups excluding carboxylic acids is 2. The molecule has 0 saturated carbocycles. The van der Waals surface area contributed by atoms with E-state index in [0.29, 0.717) is 24.7 Å². The zero-order valence-corrected chi connectivity index (χ0v) is 12.5. The quantitative estimate of drug-likeness (QED) is 0.720. The first-order valence-electron chi connectivity index (χ1n) is 7.09. The molecule has 0 aliphatic heterocycles. The Morgan fingerprint density at radius 1 is 1.10 bits per heavy atom. The monoisotopic (exact) mass is 294 g/mol. The van der Waals surface area contributed by atoms with Crippen LogP contribution in [-0.4, -0.2) is 31.7 Å². The topological polar surface area (TPSA) is 76.7 Å². The normalized spacial score (nSPS) is 9.81. The number of benzene rings is 1. The molecule has 0 unspecified atom stereocenters. The van der Waals surface area contributed by atoms with E-state index < -0.39 is 11.9 Å². The van der Waals surface area contributed by atoms with Crippen molar-refractivity contribution in [3.05, 3.63) is 24.3 Å². The molecule has 0 fully saturated rings. The predicted octanol–water partition coefficient (Wildman–Crippen LogP) is 2.09. The number of nitrogens with one attached hydrogen (secondary N) is 2. The van der Waals surface area contributed by atoms with Crippen molar-refractivity contribution < 1.29 is 19.1 Å². The molecular weight excluding hydrogens is 272 g/mol. The Morgan fingerprint density at radius 2 is 1.76 bits per heavy atom. The Morgan fingerprint density at radius 3 is 2.38 bits per heavy atom. The van der Waals surface area contributed by atoms with Crippen molar-refractivity contribution in [2.24, 2.45) is 0 Å². The highest BCUT2D eigenvalue weighted by Gasteiger charge is 2.10. The zero-order chi connectivity index (χ0) is 15.5. The summed E-state index contributed by atoms with van der Waals surface area (Å²) in [5, 5.41) is 4.80. The van der Waals surface area contributed by atoms with Crippen LogP contribution in [0.4, 0.5) is 4.79 Å². The Labute approximate surface area is 124 Å². The lowest BCUT2D eigenvalue weighted by molar-refractivity contribution is -0.122. The van der Waals surface area contributed by atoms with Crippen LogP contribution in [0.25, 0.3) is 0 Å². The molecule has 6 heteroatoms. The van der Waals surface area contributed by atoms with Crippen molar-refractivity contribution >= 4 is 11.9 Å². The van der Waals surface area contributed by atoms with Crippen molar-refractivity contribution in [3.8, 4) is 11.5 Å². The van der Waals surface area contributed by atoms with Gasteiger partial charge in [-0.15, -0.1) is 0 Å². The summed E-state index contributed by atoms with van der Waals surface area (Å²) < 4.78 is 10.7. The molecule has 0 spiro atoms. The minimum Gasteiger partial charge on any atom is -0.490 e. The fraction of sp³-hybridized carbons (Fsp3) is 0.467. The molecule has 3 amide bonds. The van der Waals surface area contributed by atoms with Gasteiger partial charge >= 0.3 is 6.03 Å². The van der Waals surface area contributed by atoms with Gasteiger partial charge < -0.3 is 14.8 Å². The summed E-state index contributed by atoms with van der Waals surface area (Å²) in [5.41, 5.74) is 0. The Kier molecular flexibility index (Phi) is 7.71. The highest BCUT2D eigenvalue weighted by molar-refractivity contribution is 5.95. The van der Waals surface area contributed by atoms with E-state index in [1.165, 1.54) is 0 Å². The molecule has 0 bridgehead atoms. The van der Waals surface area contributed by atoms with Crippen LogP contribution >= 0.6 is 0 Å². The molecule has 21 heavy (non-hydrogen) atoms. The van der Waals surface area contributed by atoms with Gasteiger partial charge in [0, 0.05) is 6.54 Å². The number of imide groups is 1. The largest absolute Gasteiger partial charge is 0.490 e. The van der Waals surface area contributed by atoms with Crippen molar-refractivity contribution in [1.29, 1.82) is 0 Å². The number of carbonyl (C=O) groups is 2. The number of amides is 3. The maximum Gasteiger partial charge on any atom is 0.321 e. The van der Waals surface area contributed by atoms with Gasteiger partial charge in [-0.3, -0.25) is 10.1 Å². The Hall–Kier alpha value is -2.24. The average molecular weight is 294 g/mol. The van der Waals surface area contributed by atoms with E-state index in [0.717, 1.165) is 12.8 Å². The Bertz CT molecular complexity index is 463. The highest BCUT2D eigenvalue weighted by atomic mass is 16.5. The number of unbranched alkanes of at least 4 members (excludes halogenated alkanes) is 1. The lowest BCUT2D eigenvalue weighted by Crippen LogP contribution is -2.41. The molecule has 0 aromatic heterocycles. The average Bonchev–Trinajstić information content (AvgIpc) is 2.47. The zero-order valence-electron chi connectivity index (χ0n) is 12.5. The molecule has 0 aliphatic rings. The van der Waals surface area contributed by atoms with Crippen LogP contribution in [0.3, 0.4) is 0 Å². The second-order valence-electron chi connectivity index (χ2n) is 4.33. The van der Waals surface area contributed by atoms with Crippen LogP contribution in [0.5, 0.6) is 11.5 Å². The molecule has 1 rings (SSSR count). The maximum absolute atomic E-state index is 11.6. The van der Waals surface area contributed by atoms with Gasteiger partial charge in [-0.2, -0.15) is 0 Å². The van der Waals surface area contributed by atoms with E-state index in [2.05, 4.69) is 10.6 Å². The second kappa shape index (κ2) is 9.63. The van der Waals surface area contributed by atoms with Crippen molar-refractivity contribution in [2.45, 2.75) is 26.7 Å². The molecule has 116 valence electrons. The summed E-state index contributed by atoms with van der Waals surface area (Å²) in [6.07, 6.45) is 1.85. The Balaban J connectivity index is 2.37. The van der Waals surface area contributed by atoms with E-state index >= 15 is 0 Å². The van der Waals surface area contributed by atoms with Crippen LogP contribution in [-0.2, 0) is 4.79 Å². The molecule has 6 nitrogen and oxygen atoms in total. The third-order valence-electron chi connectivity index (χ3n) is 2.58. The SMILES string of the molecule is CCCCNC(=O)NC(=O)COc1ccccc1OCC. The van der Waals surface area contributed by atoms with Crippen LogP contribution in [0.15, 0.2) is 24.3 Å². The fourth-order valence-electron chi connectivity index (χ4n) is 1.57. The first kappa shape index (κ1) is 16.8. The van der Waals surface area contributed by atoms with E-state index in [1.807, 2.05) is 19.9 Å². The van der Waals surface area contributed by atoms with Gasteiger partial charge in [0.25, 0.3) is 5.91 Å². The third-order valence-corrected chi connectivity index (χ3v) is 2.58. The fourth-order valence-corrected chi connectivity index (χ4v) is 1.57. The van der Waals surface area contributed by atoms with Gasteiger partial charge in [-0.1, -0.05) is 25.5 Å². The van der Waals surface area contributed by atoms with Crippen LogP contribution in [0.1, 0.15) is 26.7 Å². The molecular formula is C15H22N2O4. The van der Waals surface area contributed by atoms with E-state index in [1.54, 1.807) is 18.2 Å².